The van der Waals surface area contributed by atoms with Crippen LogP contribution in [0, 0.1) is 13.8 Å². The van der Waals surface area contributed by atoms with Crippen LogP contribution in [0.3, 0.4) is 0 Å². The van der Waals surface area contributed by atoms with Gasteiger partial charge in [-0.3, -0.25) is 4.98 Å². The van der Waals surface area contributed by atoms with Crippen molar-refractivity contribution in [1.29, 1.82) is 0 Å². The molecule has 43 heavy (non-hydrogen) atoms. The van der Waals surface area contributed by atoms with Crippen molar-refractivity contribution < 1.29 is 26.3 Å². The number of aromatic nitrogens is 1. The molecule has 1 aromatic heterocycles. The first-order valence-electron chi connectivity index (χ1n) is 14.8. The summed E-state index contributed by atoms with van der Waals surface area (Å²) in [5.41, 5.74) is 3.81. The van der Waals surface area contributed by atoms with Crippen LogP contribution in [0.15, 0.2) is 64.5 Å². The molecule has 0 amide bonds. The van der Waals surface area contributed by atoms with Gasteiger partial charge in [0.05, 0.1) is 28.6 Å². The fraction of sp³-hybridized carbons (Fsp3) is 0.469. The van der Waals surface area contributed by atoms with E-state index in [9.17, 15) is 16.8 Å². The minimum atomic E-state index is -3.81. The number of fused-ring (bicyclic) bond motifs is 6. The van der Waals surface area contributed by atoms with Crippen LogP contribution in [0.4, 0.5) is 0 Å². The fourth-order valence-electron chi connectivity index (χ4n) is 5.41. The molecule has 0 N–H and O–H groups in total. The average molecular weight is 628 g/mol. The summed E-state index contributed by atoms with van der Waals surface area (Å²) in [6, 6.07) is 13.8. The number of nitrogens with zero attached hydrogens (tertiary/aromatic N) is 3. The molecule has 9 nitrogen and oxygen atoms in total. The highest BCUT2D eigenvalue weighted by Gasteiger charge is 2.35. The molecular formula is C32H41N3O6S2. The van der Waals surface area contributed by atoms with Gasteiger partial charge in [0.25, 0.3) is 0 Å². The van der Waals surface area contributed by atoms with Gasteiger partial charge in [0.2, 0.25) is 25.8 Å². The van der Waals surface area contributed by atoms with Crippen LogP contribution in [0.2, 0.25) is 0 Å². The van der Waals surface area contributed by atoms with E-state index in [0.717, 1.165) is 30.4 Å². The number of ether oxygens (including phenoxy) is 2. The summed E-state index contributed by atoms with van der Waals surface area (Å²) < 4.78 is 70.7. The van der Waals surface area contributed by atoms with Gasteiger partial charge in [-0.1, -0.05) is 54.7 Å². The largest absolute Gasteiger partial charge is 0.461 e. The van der Waals surface area contributed by atoms with Crippen LogP contribution < -0.4 is 4.74 Å². The van der Waals surface area contributed by atoms with E-state index in [2.05, 4.69) is 0 Å². The molecule has 11 heteroatoms. The Morgan fingerprint density at radius 2 is 1.21 bits per heavy atom. The SMILES string of the molecule is Cc1ccc(S(=O)(=O)N2CCCCCCCN(S(=O)(=O)c3ccc(C)cc3)Cc3ncc(c4c3OC(C)(C)OC4)C2)cc1. The number of hydrogen-bond donors (Lipinski definition) is 0. The molecule has 0 saturated heterocycles. The number of sulfonamides is 2. The Labute approximate surface area is 255 Å². The lowest BCUT2D eigenvalue weighted by Gasteiger charge is -2.35. The molecule has 3 heterocycles. The Bertz CT molecular complexity index is 1650. The predicted octanol–water partition coefficient (Wildman–Crippen LogP) is 5.69. The van der Waals surface area contributed by atoms with Gasteiger partial charge < -0.3 is 9.47 Å². The molecule has 0 aliphatic carbocycles. The van der Waals surface area contributed by atoms with Crippen molar-refractivity contribution in [2.45, 2.75) is 95.1 Å². The highest BCUT2D eigenvalue weighted by molar-refractivity contribution is 7.89. The summed E-state index contributed by atoms with van der Waals surface area (Å²) >= 11 is 0. The van der Waals surface area contributed by atoms with Crippen molar-refractivity contribution in [3.8, 4) is 5.75 Å². The van der Waals surface area contributed by atoms with E-state index in [1.807, 2.05) is 13.8 Å². The maximum absolute atomic E-state index is 13.9. The normalized spacial score (nSPS) is 19.2. The third kappa shape index (κ3) is 7.12. The van der Waals surface area contributed by atoms with Gasteiger partial charge in [0.1, 0.15) is 0 Å². The summed E-state index contributed by atoms with van der Waals surface area (Å²) in [6.45, 7) is 8.45. The molecule has 2 bridgehead atoms. The first-order chi connectivity index (χ1) is 20.4. The molecule has 0 fully saturated rings. The summed E-state index contributed by atoms with van der Waals surface area (Å²) in [7, 11) is -7.60. The van der Waals surface area contributed by atoms with E-state index >= 15 is 0 Å². The monoisotopic (exact) mass is 627 g/mol. The standard InChI is InChI=1S/C32H41N3O6S2/c1-24-10-14-27(15-11-24)42(36,37)34-18-8-6-5-7-9-19-35(43(38,39)28-16-12-25(2)13-17-28)22-30-31-29(26(21-34)20-33-30)23-40-32(3,4)41-31/h10-17,20H,5-9,18-19,21-23H2,1-4H3. The molecular weight excluding hydrogens is 587 g/mol. The van der Waals surface area contributed by atoms with Crippen molar-refractivity contribution in [2.24, 2.45) is 0 Å². The zero-order valence-corrected chi connectivity index (χ0v) is 27.0. The second-order valence-corrected chi connectivity index (χ2v) is 15.8. The Morgan fingerprint density at radius 3 is 1.74 bits per heavy atom. The van der Waals surface area contributed by atoms with Crippen LogP contribution in [0.25, 0.3) is 0 Å². The van der Waals surface area contributed by atoms with Gasteiger partial charge in [0.15, 0.2) is 5.75 Å². The minimum absolute atomic E-state index is 0.0281. The Hall–Kier alpha value is -2.83. The number of hydrogen-bond acceptors (Lipinski definition) is 7. The molecule has 2 aliphatic rings. The Balaban J connectivity index is 1.57. The lowest BCUT2D eigenvalue weighted by Crippen LogP contribution is -2.38. The van der Waals surface area contributed by atoms with E-state index in [0.29, 0.717) is 48.5 Å². The van der Waals surface area contributed by atoms with Gasteiger partial charge in [-0.25, -0.2) is 16.8 Å². The van der Waals surface area contributed by atoms with Gasteiger partial charge in [-0.05, 0) is 56.5 Å². The molecule has 3 aromatic rings. The summed E-state index contributed by atoms with van der Waals surface area (Å²) in [4.78, 5) is 5.20. The summed E-state index contributed by atoms with van der Waals surface area (Å²) in [6.07, 6.45) is 5.54. The van der Waals surface area contributed by atoms with Gasteiger partial charge in [-0.2, -0.15) is 8.61 Å². The van der Waals surface area contributed by atoms with Crippen molar-refractivity contribution in [3.63, 3.8) is 0 Å². The van der Waals surface area contributed by atoms with Crippen molar-refractivity contribution in [1.82, 2.24) is 13.6 Å². The highest BCUT2D eigenvalue weighted by Crippen LogP contribution is 2.38. The first-order valence-corrected chi connectivity index (χ1v) is 17.7. The fourth-order valence-corrected chi connectivity index (χ4v) is 8.31. The van der Waals surface area contributed by atoms with Crippen molar-refractivity contribution >= 4 is 20.0 Å². The molecule has 0 unspecified atom stereocenters. The van der Waals surface area contributed by atoms with Gasteiger partial charge >= 0.3 is 0 Å². The molecule has 2 aromatic carbocycles. The maximum Gasteiger partial charge on any atom is 0.243 e. The number of aryl methyl sites for hydroxylation is 2. The van der Waals surface area contributed by atoms with E-state index < -0.39 is 25.8 Å². The van der Waals surface area contributed by atoms with Crippen LogP contribution in [0.5, 0.6) is 5.75 Å². The second-order valence-electron chi connectivity index (χ2n) is 11.9. The van der Waals surface area contributed by atoms with Crippen LogP contribution >= 0.6 is 0 Å². The molecule has 0 atom stereocenters. The molecule has 0 spiro atoms. The van der Waals surface area contributed by atoms with E-state index in [1.54, 1.807) is 68.6 Å². The van der Waals surface area contributed by atoms with Crippen molar-refractivity contribution in [3.05, 3.63) is 82.7 Å². The zero-order valence-electron chi connectivity index (χ0n) is 25.4. The number of rotatable bonds is 4. The number of benzene rings is 2. The minimum Gasteiger partial charge on any atom is -0.461 e. The Kier molecular flexibility index (Phi) is 9.29. The van der Waals surface area contributed by atoms with Crippen LogP contribution in [-0.4, -0.2) is 49.3 Å². The third-order valence-electron chi connectivity index (χ3n) is 8.02. The topological polar surface area (TPSA) is 106 Å². The molecule has 0 saturated carbocycles. The quantitative estimate of drug-likeness (QED) is 0.366. The smallest absolute Gasteiger partial charge is 0.243 e. The highest BCUT2D eigenvalue weighted by atomic mass is 32.2. The van der Waals surface area contributed by atoms with Crippen molar-refractivity contribution in [2.75, 3.05) is 13.1 Å². The summed E-state index contributed by atoms with van der Waals surface area (Å²) in [5, 5.41) is 0. The lowest BCUT2D eigenvalue weighted by molar-refractivity contribution is -0.181. The summed E-state index contributed by atoms with van der Waals surface area (Å²) in [5.74, 6) is -0.500. The average Bonchev–Trinajstić information content (AvgIpc) is 2.96. The van der Waals surface area contributed by atoms with Gasteiger partial charge in [-0.15, -0.1) is 0 Å². The van der Waals surface area contributed by atoms with Crippen LogP contribution in [-0.2, 0) is 44.5 Å². The zero-order chi connectivity index (χ0) is 30.8. The molecule has 232 valence electrons. The van der Waals surface area contributed by atoms with E-state index in [-0.39, 0.29) is 29.5 Å². The third-order valence-corrected chi connectivity index (χ3v) is 11.7. The van der Waals surface area contributed by atoms with E-state index in [1.165, 1.54) is 8.61 Å². The maximum atomic E-state index is 13.9. The van der Waals surface area contributed by atoms with E-state index in [4.69, 9.17) is 14.5 Å². The van der Waals surface area contributed by atoms with Crippen LogP contribution in [0.1, 0.15) is 73.9 Å². The first kappa shape index (κ1) is 31.6. The lowest BCUT2D eigenvalue weighted by atomic mass is 10.1. The molecule has 2 aliphatic heterocycles. The molecule has 0 radical (unpaired) electrons. The Morgan fingerprint density at radius 1 is 0.721 bits per heavy atom. The number of pyridine rings is 1. The van der Waals surface area contributed by atoms with Gasteiger partial charge in [0, 0.05) is 45.2 Å². The predicted molar refractivity (Wildman–Crippen MR) is 164 cm³/mol. The second kappa shape index (κ2) is 12.6. The molecule has 5 rings (SSSR count).